The normalized spacial score (nSPS) is 35.0. The van der Waals surface area contributed by atoms with E-state index in [1.54, 1.807) is 24.1 Å². The molecule has 1 aromatic heterocycles. The van der Waals surface area contributed by atoms with Crippen LogP contribution in [0.1, 0.15) is 65.0 Å². The standard InChI is InChI=1S/C32H45N3O6/c1-21(27-11-6-7-16-33-27)9-8-10-22(2)30-23(3)12-13-28(32(4,39)15-14-26(36)18-29(37)41-30)40-31(38)35-20-24-17-25(35)19-34(24)5/h6-13,16,21,23-26,28,30,36,39H,14-15,17-20H2,1-5H3/b9-8+,13-12+,22-10+/t21-,23+,24?,25+,26-,28+,30-,32-/m1/s1. The molecule has 3 aliphatic heterocycles. The third-order valence-electron chi connectivity index (χ3n) is 8.66. The number of piperazine rings is 1. The van der Waals surface area contributed by atoms with Crippen molar-refractivity contribution >= 4 is 12.1 Å². The van der Waals surface area contributed by atoms with Crippen molar-refractivity contribution in [1.29, 1.82) is 0 Å². The Balaban J connectivity index is 1.52. The minimum Gasteiger partial charge on any atom is -0.457 e. The molecule has 0 saturated carbocycles. The molecule has 0 radical (unpaired) electrons. The van der Waals surface area contributed by atoms with Crippen molar-refractivity contribution in [3.8, 4) is 0 Å². The molecule has 9 nitrogen and oxygen atoms in total. The molecule has 9 heteroatoms. The Morgan fingerprint density at radius 1 is 1.27 bits per heavy atom. The highest BCUT2D eigenvalue weighted by Gasteiger charge is 2.45. The number of carbonyl (C=O) groups is 2. The maximum atomic E-state index is 13.2. The minimum absolute atomic E-state index is 0.107. The molecule has 1 amide bonds. The third kappa shape index (κ3) is 7.84. The highest BCUT2D eigenvalue weighted by molar-refractivity contribution is 5.70. The zero-order valence-electron chi connectivity index (χ0n) is 24.8. The Hall–Kier alpha value is -3.01. The molecule has 2 bridgehead atoms. The Morgan fingerprint density at radius 2 is 2.05 bits per heavy atom. The number of likely N-dealkylation sites (tertiary alicyclic amines) is 2. The molecule has 2 N–H and O–H groups in total. The summed E-state index contributed by atoms with van der Waals surface area (Å²) in [7, 11) is 2.07. The highest BCUT2D eigenvalue weighted by Crippen LogP contribution is 2.32. The van der Waals surface area contributed by atoms with Crippen molar-refractivity contribution in [2.24, 2.45) is 5.92 Å². The van der Waals surface area contributed by atoms with Crippen LogP contribution in [0.15, 0.2) is 60.3 Å². The van der Waals surface area contributed by atoms with E-state index in [9.17, 15) is 19.8 Å². The van der Waals surface area contributed by atoms with Gasteiger partial charge in [0.15, 0.2) is 6.10 Å². The number of hydrogen-bond acceptors (Lipinski definition) is 8. The average Bonchev–Trinajstić information content (AvgIpc) is 3.52. The number of nitrogens with zero attached hydrogens (tertiary/aromatic N) is 3. The lowest BCUT2D eigenvalue weighted by Crippen LogP contribution is -2.50. The lowest BCUT2D eigenvalue weighted by Gasteiger charge is -2.36. The van der Waals surface area contributed by atoms with Crippen molar-refractivity contribution in [2.75, 3.05) is 20.1 Å². The molecule has 41 heavy (non-hydrogen) atoms. The van der Waals surface area contributed by atoms with Gasteiger partial charge in [0.05, 0.1) is 12.5 Å². The Kier molecular flexibility index (Phi) is 10.0. The van der Waals surface area contributed by atoms with Gasteiger partial charge in [-0.05, 0) is 63.9 Å². The second-order valence-corrected chi connectivity index (χ2v) is 12.2. The first-order valence-corrected chi connectivity index (χ1v) is 14.7. The second kappa shape index (κ2) is 13.3. The van der Waals surface area contributed by atoms with E-state index in [0.29, 0.717) is 12.6 Å². The zero-order valence-corrected chi connectivity index (χ0v) is 24.8. The number of aliphatic hydroxyl groups excluding tert-OH is 1. The Labute approximate surface area is 243 Å². The first-order chi connectivity index (χ1) is 19.4. The fourth-order valence-corrected chi connectivity index (χ4v) is 5.93. The van der Waals surface area contributed by atoms with Gasteiger partial charge in [0, 0.05) is 48.9 Å². The highest BCUT2D eigenvalue weighted by atomic mass is 16.6. The Bertz CT molecular complexity index is 1150. The van der Waals surface area contributed by atoms with Gasteiger partial charge in [0.1, 0.15) is 11.7 Å². The SMILES string of the molecule is C/C(=C\C=C\[C@@H](C)c1ccccn1)[C@H]1OC(=O)C[C@H](O)CC[C@@](C)(O)[C@@H](OC(=O)N2CC3C[C@H]2CN3C)/C=C/[C@@H]1C. The number of aromatic nitrogens is 1. The number of ether oxygens (including phenoxy) is 2. The molecule has 8 atom stereocenters. The summed E-state index contributed by atoms with van der Waals surface area (Å²) < 4.78 is 11.8. The maximum Gasteiger partial charge on any atom is 0.410 e. The third-order valence-corrected chi connectivity index (χ3v) is 8.66. The van der Waals surface area contributed by atoms with E-state index in [1.807, 2.05) is 56.4 Å². The average molecular weight is 568 g/mol. The monoisotopic (exact) mass is 567 g/mol. The fraction of sp³-hybridized carbons (Fsp3) is 0.594. The fourth-order valence-electron chi connectivity index (χ4n) is 5.93. The van der Waals surface area contributed by atoms with Crippen molar-refractivity contribution in [2.45, 2.75) is 95.3 Å². The molecule has 4 rings (SSSR count). The van der Waals surface area contributed by atoms with Crippen LogP contribution in [0, 0.1) is 5.92 Å². The van der Waals surface area contributed by atoms with Crippen molar-refractivity contribution < 1.29 is 29.3 Å². The quantitative estimate of drug-likeness (QED) is 0.312. The second-order valence-electron chi connectivity index (χ2n) is 12.2. The van der Waals surface area contributed by atoms with Crippen LogP contribution in [0.25, 0.3) is 0 Å². The number of cyclic esters (lactones) is 1. The van der Waals surface area contributed by atoms with E-state index in [4.69, 9.17) is 9.47 Å². The first kappa shape index (κ1) is 30.9. The molecule has 2 saturated heterocycles. The molecular weight excluding hydrogens is 522 g/mol. The summed E-state index contributed by atoms with van der Waals surface area (Å²) in [5.41, 5.74) is 0.346. The van der Waals surface area contributed by atoms with E-state index in [2.05, 4.69) is 23.9 Å². The molecule has 1 unspecified atom stereocenters. The van der Waals surface area contributed by atoms with E-state index in [1.165, 1.54) is 0 Å². The number of aliphatic hydroxyl groups is 2. The van der Waals surface area contributed by atoms with Crippen LogP contribution in [-0.2, 0) is 14.3 Å². The number of hydrogen-bond donors (Lipinski definition) is 2. The largest absolute Gasteiger partial charge is 0.457 e. The van der Waals surface area contributed by atoms with Gasteiger partial charge in [-0.25, -0.2) is 4.79 Å². The van der Waals surface area contributed by atoms with Crippen molar-refractivity contribution in [3.05, 3.63) is 66.0 Å². The van der Waals surface area contributed by atoms with Crippen LogP contribution in [0.3, 0.4) is 0 Å². The number of rotatable bonds is 5. The number of amides is 1. The van der Waals surface area contributed by atoms with Gasteiger partial charge in [-0.15, -0.1) is 0 Å². The summed E-state index contributed by atoms with van der Waals surface area (Å²) in [5, 5.41) is 21.9. The van der Waals surface area contributed by atoms with E-state index in [0.717, 1.165) is 24.2 Å². The molecule has 3 aliphatic rings. The molecule has 0 aromatic carbocycles. The van der Waals surface area contributed by atoms with Gasteiger partial charge in [-0.1, -0.05) is 44.2 Å². The lowest BCUT2D eigenvalue weighted by atomic mass is 9.88. The first-order valence-electron chi connectivity index (χ1n) is 14.7. The van der Waals surface area contributed by atoms with Crippen LogP contribution >= 0.6 is 0 Å². The molecular formula is C32H45N3O6. The van der Waals surface area contributed by atoms with Crippen LogP contribution < -0.4 is 0 Å². The molecule has 224 valence electrons. The number of carbonyl (C=O) groups excluding carboxylic acids is 2. The van der Waals surface area contributed by atoms with Crippen molar-refractivity contribution in [3.63, 3.8) is 0 Å². The molecule has 0 aliphatic carbocycles. The lowest BCUT2D eigenvalue weighted by molar-refractivity contribution is -0.151. The summed E-state index contributed by atoms with van der Waals surface area (Å²) >= 11 is 0. The summed E-state index contributed by atoms with van der Waals surface area (Å²) in [4.78, 5) is 34.4. The van der Waals surface area contributed by atoms with Crippen LogP contribution in [0.4, 0.5) is 4.79 Å². The van der Waals surface area contributed by atoms with Gasteiger partial charge in [0.2, 0.25) is 0 Å². The number of pyridine rings is 1. The predicted octanol–water partition coefficient (Wildman–Crippen LogP) is 3.98. The van der Waals surface area contributed by atoms with E-state index >= 15 is 0 Å². The van der Waals surface area contributed by atoms with Crippen LogP contribution in [0.5, 0.6) is 0 Å². The number of likely N-dealkylation sites (N-methyl/N-ethyl adjacent to an activating group) is 1. The summed E-state index contributed by atoms with van der Waals surface area (Å²) in [6.07, 6.45) is 9.27. The molecule has 0 spiro atoms. The minimum atomic E-state index is -1.43. The topological polar surface area (TPSA) is 112 Å². The maximum absolute atomic E-state index is 13.2. The zero-order chi connectivity index (χ0) is 29.7. The summed E-state index contributed by atoms with van der Waals surface area (Å²) in [5.74, 6) is -0.684. The molecule has 4 heterocycles. The van der Waals surface area contributed by atoms with Gasteiger partial charge >= 0.3 is 12.1 Å². The van der Waals surface area contributed by atoms with Crippen LogP contribution in [-0.4, -0.2) is 93.2 Å². The smallest absolute Gasteiger partial charge is 0.410 e. The van der Waals surface area contributed by atoms with E-state index < -0.39 is 36.0 Å². The number of esters is 1. The van der Waals surface area contributed by atoms with Crippen molar-refractivity contribution in [1.82, 2.24) is 14.8 Å². The molecule has 1 aromatic rings. The summed E-state index contributed by atoms with van der Waals surface area (Å²) in [6, 6.07) is 6.26. The molecule has 2 fully saturated rings. The van der Waals surface area contributed by atoms with Gasteiger partial charge in [-0.3, -0.25) is 14.7 Å². The number of allylic oxidation sites excluding steroid dienone is 3. The predicted molar refractivity (Wildman–Crippen MR) is 156 cm³/mol. The van der Waals surface area contributed by atoms with Crippen LogP contribution in [0.2, 0.25) is 0 Å². The van der Waals surface area contributed by atoms with Gasteiger partial charge < -0.3 is 24.6 Å². The Morgan fingerprint density at radius 3 is 2.71 bits per heavy atom. The summed E-state index contributed by atoms with van der Waals surface area (Å²) in [6.45, 7) is 8.90. The van der Waals surface area contributed by atoms with E-state index in [-0.39, 0.29) is 37.1 Å². The van der Waals surface area contributed by atoms with Gasteiger partial charge in [-0.2, -0.15) is 0 Å². The van der Waals surface area contributed by atoms with Gasteiger partial charge in [0.25, 0.3) is 0 Å². The number of fused-ring (bicyclic) bond motifs is 2.